The van der Waals surface area contributed by atoms with E-state index < -0.39 is 0 Å². The monoisotopic (exact) mass is 431 g/mol. The van der Waals surface area contributed by atoms with Gasteiger partial charge < -0.3 is 9.64 Å². The molecule has 0 radical (unpaired) electrons. The van der Waals surface area contributed by atoms with Crippen molar-refractivity contribution >= 4 is 39.7 Å². The highest BCUT2D eigenvalue weighted by atomic mass is 32.1. The Hall–Kier alpha value is -3.43. The van der Waals surface area contributed by atoms with Gasteiger partial charge in [0.15, 0.2) is 10.6 Å². The van der Waals surface area contributed by atoms with Crippen molar-refractivity contribution in [3.05, 3.63) is 59.9 Å². The minimum atomic E-state index is 0.447. The number of morpholine rings is 1. The van der Waals surface area contributed by atoms with Crippen LogP contribution in [0.1, 0.15) is 11.1 Å². The summed E-state index contributed by atoms with van der Waals surface area (Å²) in [5.41, 5.74) is 7.00. The molecule has 0 unspecified atom stereocenters. The number of hydrazone groups is 1. The van der Waals surface area contributed by atoms with Gasteiger partial charge in [-0.05, 0) is 24.6 Å². The van der Waals surface area contributed by atoms with E-state index >= 15 is 0 Å². The number of hydrogen-bond acceptors (Lipinski definition) is 9. The van der Waals surface area contributed by atoms with Crippen LogP contribution >= 0.6 is 11.3 Å². The Morgan fingerprint density at radius 2 is 1.94 bits per heavy atom. The Morgan fingerprint density at radius 1 is 1.10 bits per heavy atom. The molecule has 9 heteroatoms. The lowest BCUT2D eigenvalue weighted by Gasteiger charge is -2.27. The number of aryl methyl sites for hydroxylation is 1. The summed E-state index contributed by atoms with van der Waals surface area (Å²) in [6, 6.07) is 12.0. The van der Waals surface area contributed by atoms with Crippen LogP contribution in [0.2, 0.25) is 0 Å². The van der Waals surface area contributed by atoms with Crippen molar-refractivity contribution < 1.29 is 4.74 Å². The molecule has 0 bridgehead atoms. The van der Waals surface area contributed by atoms with Crippen LogP contribution in [0.4, 0.5) is 11.8 Å². The van der Waals surface area contributed by atoms with E-state index in [0.29, 0.717) is 19.2 Å². The summed E-state index contributed by atoms with van der Waals surface area (Å²) < 4.78 is 5.51. The molecular weight excluding hydrogens is 410 g/mol. The van der Waals surface area contributed by atoms with Gasteiger partial charge in [0.1, 0.15) is 10.5 Å². The standard InChI is InChI=1S/C22H21N7OS/c1-15-3-2-4-16(13-15)14-24-28-22-26-19(29-9-11-30-12-10-29)18-21(27-22)31-20(25-18)17-5-7-23-8-6-17/h2-8,13-14H,9-12H2,1H3,(H,26,27,28)/b24-14+. The van der Waals surface area contributed by atoms with E-state index in [1.54, 1.807) is 18.6 Å². The third kappa shape index (κ3) is 4.37. The normalized spacial score (nSPS) is 14.4. The van der Waals surface area contributed by atoms with Crippen LogP contribution in [0.5, 0.6) is 0 Å². The summed E-state index contributed by atoms with van der Waals surface area (Å²) in [7, 11) is 0. The number of ether oxygens (including phenoxy) is 1. The molecule has 4 aromatic rings. The van der Waals surface area contributed by atoms with E-state index in [4.69, 9.17) is 14.7 Å². The number of nitrogens with one attached hydrogen (secondary N) is 1. The fraction of sp³-hybridized carbons (Fsp3) is 0.227. The molecule has 1 aromatic carbocycles. The van der Waals surface area contributed by atoms with Crippen molar-refractivity contribution in [2.45, 2.75) is 6.92 Å². The number of thiazole rings is 1. The van der Waals surface area contributed by atoms with Gasteiger partial charge in [0.05, 0.1) is 19.4 Å². The number of nitrogens with zero attached hydrogens (tertiary/aromatic N) is 6. The smallest absolute Gasteiger partial charge is 0.246 e. The molecule has 1 N–H and O–H groups in total. The van der Waals surface area contributed by atoms with Crippen molar-refractivity contribution in [3.63, 3.8) is 0 Å². The number of benzene rings is 1. The first-order valence-electron chi connectivity index (χ1n) is 10.0. The summed E-state index contributed by atoms with van der Waals surface area (Å²) in [5, 5.41) is 5.23. The van der Waals surface area contributed by atoms with Crippen LogP contribution in [0.25, 0.3) is 20.9 Å². The van der Waals surface area contributed by atoms with Gasteiger partial charge in [-0.15, -0.1) is 0 Å². The quantitative estimate of drug-likeness (QED) is 0.380. The topological polar surface area (TPSA) is 88.4 Å². The van der Waals surface area contributed by atoms with Gasteiger partial charge in [-0.25, -0.2) is 10.4 Å². The largest absolute Gasteiger partial charge is 0.378 e. The predicted molar refractivity (Wildman–Crippen MR) is 124 cm³/mol. The average Bonchev–Trinajstić information content (AvgIpc) is 3.24. The second-order valence-electron chi connectivity index (χ2n) is 7.16. The molecule has 0 amide bonds. The molecule has 0 saturated carbocycles. The summed E-state index contributed by atoms with van der Waals surface area (Å²) in [5.74, 6) is 1.25. The average molecular weight is 432 g/mol. The molecule has 156 valence electrons. The molecule has 1 fully saturated rings. The van der Waals surface area contributed by atoms with Crippen molar-refractivity contribution in [1.29, 1.82) is 0 Å². The third-order valence-corrected chi connectivity index (χ3v) is 5.90. The fourth-order valence-corrected chi connectivity index (χ4v) is 4.33. The first-order valence-corrected chi connectivity index (χ1v) is 10.9. The van der Waals surface area contributed by atoms with Crippen LogP contribution in [-0.4, -0.2) is 52.5 Å². The maximum absolute atomic E-state index is 5.51. The number of fused-ring (bicyclic) bond motifs is 1. The number of rotatable bonds is 5. The Kier molecular flexibility index (Phi) is 5.51. The van der Waals surface area contributed by atoms with Crippen LogP contribution in [-0.2, 0) is 4.74 Å². The maximum atomic E-state index is 5.51. The molecule has 0 atom stereocenters. The summed E-state index contributed by atoms with van der Waals surface area (Å²) >= 11 is 1.53. The lowest BCUT2D eigenvalue weighted by atomic mass is 10.2. The Bertz CT molecular complexity index is 1220. The fourth-order valence-electron chi connectivity index (χ4n) is 3.39. The molecule has 3 aromatic heterocycles. The highest BCUT2D eigenvalue weighted by Gasteiger charge is 2.21. The molecule has 1 saturated heterocycles. The van der Waals surface area contributed by atoms with Gasteiger partial charge in [-0.3, -0.25) is 4.98 Å². The van der Waals surface area contributed by atoms with E-state index in [2.05, 4.69) is 44.5 Å². The Balaban J connectivity index is 1.50. The zero-order valence-electron chi connectivity index (χ0n) is 17.0. The first-order chi connectivity index (χ1) is 15.3. The molecule has 31 heavy (non-hydrogen) atoms. The van der Waals surface area contributed by atoms with E-state index in [1.807, 2.05) is 24.3 Å². The number of pyridine rings is 1. The molecule has 0 aliphatic carbocycles. The maximum Gasteiger partial charge on any atom is 0.246 e. The summed E-state index contributed by atoms with van der Waals surface area (Å²) in [6.45, 7) is 4.92. The number of aromatic nitrogens is 4. The van der Waals surface area contributed by atoms with Gasteiger partial charge in [-0.1, -0.05) is 41.2 Å². The number of hydrogen-bond donors (Lipinski definition) is 1. The molecule has 4 heterocycles. The van der Waals surface area contributed by atoms with E-state index in [0.717, 1.165) is 45.4 Å². The Labute approximate surface area is 183 Å². The first kappa shape index (κ1) is 19.5. The molecule has 1 aliphatic heterocycles. The predicted octanol–water partition coefficient (Wildman–Crippen LogP) is 3.74. The Morgan fingerprint density at radius 3 is 2.74 bits per heavy atom. The van der Waals surface area contributed by atoms with Crippen LogP contribution in [0.15, 0.2) is 53.9 Å². The second kappa shape index (κ2) is 8.75. The molecule has 1 aliphatic rings. The SMILES string of the molecule is Cc1cccc(/C=N/Nc2nc(N3CCOCC3)c3nc(-c4ccncc4)sc3n2)c1. The van der Waals surface area contributed by atoms with Crippen LogP contribution in [0.3, 0.4) is 0 Å². The van der Waals surface area contributed by atoms with Gasteiger partial charge >= 0.3 is 0 Å². The van der Waals surface area contributed by atoms with Crippen molar-refractivity contribution in [3.8, 4) is 10.6 Å². The summed E-state index contributed by atoms with van der Waals surface area (Å²) in [4.78, 5) is 21.4. The highest BCUT2D eigenvalue weighted by Crippen LogP contribution is 2.34. The van der Waals surface area contributed by atoms with Gasteiger partial charge in [-0.2, -0.15) is 15.1 Å². The summed E-state index contributed by atoms with van der Waals surface area (Å²) in [6.07, 6.45) is 5.30. The second-order valence-corrected chi connectivity index (χ2v) is 8.14. The lowest BCUT2D eigenvalue weighted by molar-refractivity contribution is 0.122. The van der Waals surface area contributed by atoms with Gasteiger partial charge in [0.2, 0.25) is 5.95 Å². The van der Waals surface area contributed by atoms with E-state index in [9.17, 15) is 0 Å². The van der Waals surface area contributed by atoms with Crippen LogP contribution < -0.4 is 10.3 Å². The zero-order valence-corrected chi connectivity index (χ0v) is 17.8. The molecular formula is C22H21N7OS. The van der Waals surface area contributed by atoms with Crippen molar-refractivity contribution in [1.82, 2.24) is 19.9 Å². The highest BCUT2D eigenvalue weighted by molar-refractivity contribution is 7.21. The zero-order chi connectivity index (χ0) is 21.0. The minimum absolute atomic E-state index is 0.447. The van der Waals surface area contributed by atoms with E-state index in [1.165, 1.54) is 16.9 Å². The lowest BCUT2D eigenvalue weighted by Crippen LogP contribution is -2.37. The van der Waals surface area contributed by atoms with Gasteiger partial charge in [0.25, 0.3) is 0 Å². The van der Waals surface area contributed by atoms with Crippen LogP contribution in [0, 0.1) is 6.92 Å². The number of anilines is 2. The van der Waals surface area contributed by atoms with E-state index in [-0.39, 0.29) is 0 Å². The molecule has 8 nitrogen and oxygen atoms in total. The molecule has 5 rings (SSSR count). The molecule has 0 spiro atoms. The third-order valence-electron chi connectivity index (χ3n) is 4.90. The van der Waals surface area contributed by atoms with Crippen molar-refractivity contribution in [2.24, 2.45) is 5.10 Å². The van der Waals surface area contributed by atoms with Crippen molar-refractivity contribution in [2.75, 3.05) is 36.6 Å². The minimum Gasteiger partial charge on any atom is -0.378 e. The van der Waals surface area contributed by atoms with Gasteiger partial charge in [0, 0.05) is 31.0 Å².